The molecule has 0 saturated carbocycles. The molecule has 0 unspecified atom stereocenters. The van der Waals surface area contributed by atoms with E-state index >= 15 is 0 Å². The number of nitrogens with zero attached hydrogens (tertiary/aromatic N) is 2. The number of rotatable bonds is 4. The monoisotopic (exact) mass is 178 g/mol. The van der Waals surface area contributed by atoms with Crippen LogP contribution in [0.2, 0.25) is 0 Å². The van der Waals surface area contributed by atoms with E-state index in [4.69, 9.17) is 15.9 Å². The van der Waals surface area contributed by atoms with Crippen LogP contribution in [0.15, 0.2) is 0 Å². The zero-order valence-electron chi connectivity index (χ0n) is 7.29. The molecular formula is C8H10N4O. The van der Waals surface area contributed by atoms with Gasteiger partial charge in [-0.15, -0.1) is 0 Å². The van der Waals surface area contributed by atoms with Crippen molar-refractivity contribution in [2.45, 2.75) is 25.8 Å². The summed E-state index contributed by atoms with van der Waals surface area (Å²) in [6.45, 7) is 1.83. The fraction of sp³-hybridized carbons (Fsp3) is 0.500. The molecule has 5 heteroatoms. The van der Waals surface area contributed by atoms with Crippen molar-refractivity contribution in [2.24, 2.45) is 0 Å². The van der Waals surface area contributed by atoms with Crippen molar-refractivity contribution in [1.82, 2.24) is 5.32 Å². The minimum Gasteiger partial charge on any atom is -0.335 e. The third kappa shape index (κ3) is 3.88. The van der Waals surface area contributed by atoms with Crippen molar-refractivity contribution < 1.29 is 4.79 Å². The Morgan fingerprint density at radius 2 is 2.23 bits per heavy atom. The number of nitrogens with one attached hydrogen (secondary N) is 2. The molecule has 1 atom stereocenters. The summed E-state index contributed by atoms with van der Waals surface area (Å²) >= 11 is 0. The first kappa shape index (κ1) is 11.1. The molecule has 0 aromatic rings. The van der Waals surface area contributed by atoms with E-state index in [1.807, 2.05) is 6.92 Å². The van der Waals surface area contributed by atoms with Gasteiger partial charge >= 0.3 is 0 Å². The second kappa shape index (κ2) is 5.73. The fourth-order valence-corrected chi connectivity index (χ4v) is 0.694. The highest BCUT2D eigenvalue weighted by atomic mass is 16.1. The SMILES string of the molecule is CCCC(=O)N[C@@H](C#N)C(=N)C#N. The van der Waals surface area contributed by atoms with Gasteiger partial charge in [0.05, 0.1) is 6.07 Å². The van der Waals surface area contributed by atoms with E-state index in [0.717, 1.165) is 0 Å². The zero-order chi connectivity index (χ0) is 10.3. The zero-order valence-corrected chi connectivity index (χ0v) is 7.29. The van der Waals surface area contributed by atoms with Crippen LogP contribution in [0, 0.1) is 28.1 Å². The van der Waals surface area contributed by atoms with Gasteiger partial charge in [-0.1, -0.05) is 6.92 Å². The Morgan fingerprint density at radius 1 is 1.62 bits per heavy atom. The largest absolute Gasteiger partial charge is 0.335 e. The van der Waals surface area contributed by atoms with Crippen LogP contribution in [-0.4, -0.2) is 17.7 Å². The normalized spacial score (nSPS) is 10.7. The number of hydrogen-bond acceptors (Lipinski definition) is 4. The summed E-state index contributed by atoms with van der Waals surface area (Å²) in [4.78, 5) is 11.0. The van der Waals surface area contributed by atoms with Gasteiger partial charge in [-0.3, -0.25) is 10.2 Å². The minimum atomic E-state index is -1.11. The molecule has 0 heterocycles. The number of carbonyl (C=O) groups excluding carboxylic acids is 1. The number of nitriles is 2. The van der Waals surface area contributed by atoms with Crippen molar-refractivity contribution in [2.75, 3.05) is 0 Å². The molecule has 0 spiro atoms. The van der Waals surface area contributed by atoms with Gasteiger partial charge < -0.3 is 5.32 Å². The molecule has 0 aromatic heterocycles. The molecule has 0 aliphatic heterocycles. The Labute approximate surface area is 76.5 Å². The molecule has 5 nitrogen and oxygen atoms in total. The third-order valence-electron chi connectivity index (χ3n) is 1.32. The van der Waals surface area contributed by atoms with E-state index in [-0.39, 0.29) is 5.91 Å². The molecule has 0 saturated heterocycles. The molecule has 0 aliphatic carbocycles. The van der Waals surface area contributed by atoms with Crippen LogP contribution in [0.5, 0.6) is 0 Å². The first-order chi connectivity index (χ1) is 6.15. The summed E-state index contributed by atoms with van der Waals surface area (Å²) in [5, 5.41) is 26.1. The van der Waals surface area contributed by atoms with Gasteiger partial charge in [-0.05, 0) is 6.42 Å². The second-order valence-corrected chi connectivity index (χ2v) is 2.41. The Kier molecular flexibility index (Phi) is 4.90. The Bertz CT molecular complexity index is 283. The van der Waals surface area contributed by atoms with Gasteiger partial charge in [0.25, 0.3) is 0 Å². The van der Waals surface area contributed by atoms with E-state index in [0.29, 0.717) is 12.8 Å². The first-order valence-electron chi connectivity index (χ1n) is 3.83. The molecule has 0 rings (SSSR count). The van der Waals surface area contributed by atoms with Crippen LogP contribution in [0.1, 0.15) is 19.8 Å². The van der Waals surface area contributed by atoms with Gasteiger partial charge in [-0.25, -0.2) is 0 Å². The summed E-state index contributed by atoms with van der Waals surface area (Å²) in [5.74, 6) is -0.311. The number of amides is 1. The molecule has 0 fully saturated rings. The van der Waals surface area contributed by atoms with Crippen LogP contribution < -0.4 is 5.32 Å². The van der Waals surface area contributed by atoms with Crippen LogP contribution in [0.3, 0.4) is 0 Å². The molecule has 0 bridgehead atoms. The van der Waals surface area contributed by atoms with Gasteiger partial charge in [0.1, 0.15) is 11.8 Å². The lowest BCUT2D eigenvalue weighted by atomic mass is 10.2. The van der Waals surface area contributed by atoms with Gasteiger partial charge in [-0.2, -0.15) is 10.5 Å². The molecular weight excluding hydrogens is 168 g/mol. The van der Waals surface area contributed by atoms with Crippen molar-refractivity contribution >= 4 is 11.6 Å². The van der Waals surface area contributed by atoms with Crippen LogP contribution >= 0.6 is 0 Å². The average Bonchev–Trinajstić information content (AvgIpc) is 2.13. The predicted octanol–water partition coefficient (Wildman–Crippen LogP) is 0.338. The molecule has 68 valence electrons. The van der Waals surface area contributed by atoms with Crippen LogP contribution in [0.25, 0.3) is 0 Å². The summed E-state index contributed by atoms with van der Waals surface area (Å²) in [5.41, 5.74) is -0.438. The van der Waals surface area contributed by atoms with E-state index in [1.54, 1.807) is 6.07 Å². The highest BCUT2D eigenvalue weighted by Crippen LogP contribution is 1.90. The fourth-order valence-electron chi connectivity index (χ4n) is 0.694. The van der Waals surface area contributed by atoms with Crippen molar-refractivity contribution in [3.8, 4) is 12.1 Å². The minimum absolute atomic E-state index is 0.302. The molecule has 0 aromatic carbocycles. The molecule has 13 heavy (non-hydrogen) atoms. The maximum Gasteiger partial charge on any atom is 0.221 e. The summed E-state index contributed by atoms with van der Waals surface area (Å²) in [7, 11) is 0. The lowest BCUT2D eigenvalue weighted by Gasteiger charge is -2.07. The summed E-state index contributed by atoms with van der Waals surface area (Å²) < 4.78 is 0. The highest BCUT2D eigenvalue weighted by molar-refractivity contribution is 6.03. The Hall–Kier alpha value is -1.88. The predicted molar refractivity (Wildman–Crippen MR) is 45.8 cm³/mol. The molecule has 2 N–H and O–H groups in total. The van der Waals surface area contributed by atoms with Crippen molar-refractivity contribution in [3.63, 3.8) is 0 Å². The topological polar surface area (TPSA) is 101 Å². The Morgan fingerprint density at radius 3 is 2.62 bits per heavy atom. The molecule has 0 aliphatic rings. The quantitative estimate of drug-likeness (QED) is 0.607. The van der Waals surface area contributed by atoms with E-state index < -0.39 is 11.8 Å². The van der Waals surface area contributed by atoms with E-state index in [9.17, 15) is 4.79 Å². The summed E-state index contributed by atoms with van der Waals surface area (Å²) in [6, 6.07) is 2.07. The van der Waals surface area contributed by atoms with Gasteiger partial charge in [0.15, 0.2) is 6.04 Å². The number of hydrogen-bond donors (Lipinski definition) is 2. The van der Waals surface area contributed by atoms with Crippen molar-refractivity contribution in [3.05, 3.63) is 0 Å². The van der Waals surface area contributed by atoms with Gasteiger partial charge in [0.2, 0.25) is 5.91 Å². The lowest BCUT2D eigenvalue weighted by molar-refractivity contribution is -0.121. The molecule has 1 amide bonds. The highest BCUT2D eigenvalue weighted by Gasteiger charge is 2.15. The van der Waals surface area contributed by atoms with Gasteiger partial charge in [0, 0.05) is 6.42 Å². The first-order valence-corrected chi connectivity index (χ1v) is 3.83. The van der Waals surface area contributed by atoms with Crippen LogP contribution in [0.4, 0.5) is 0 Å². The Balaban J connectivity index is 4.17. The lowest BCUT2D eigenvalue weighted by Crippen LogP contribution is -2.38. The van der Waals surface area contributed by atoms with Crippen LogP contribution in [-0.2, 0) is 4.79 Å². The maximum absolute atomic E-state index is 11.0. The van der Waals surface area contributed by atoms with Crippen molar-refractivity contribution in [1.29, 1.82) is 15.9 Å². The number of carbonyl (C=O) groups is 1. The standard InChI is InChI=1S/C8H10N4O/c1-2-3-8(13)12-7(5-10)6(11)4-9/h7,11H,2-3H2,1H3,(H,12,13)/t7-/m0/s1. The smallest absolute Gasteiger partial charge is 0.221 e. The third-order valence-corrected chi connectivity index (χ3v) is 1.32. The maximum atomic E-state index is 11.0. The van der Waals surface area contributed by atoms with E-state index in [2.05, 4.69) is 5.32 Å². The van der Waals surface area contributed by atoms with E-state index in [1.165, 1.54) is 6.07 Å². The molecule has 0 radical (unpaired) electrons. The summed E-state index contributed by atoms with van der Waals surface area (Å²) in [6.07, 6.45) is 0.973. The second-order valence-electron chi connectivity index (χ2n) is 2.41. The average molecular weight is 178 g/mol.